The summed E-state index contributed by atoms with van der Waals surface area (Å²) in [5.74, 6) is 0.828. The number of piperidine rings is 1. The largest absolute Gasteiger partial charge is 0.497 e. The number of likely N-dealkylation sites (tertiary alicyclic amines) is 1. The Balaban J connectivity index is 1.48. The highest BCUT2D eigenvalue weighted by molar-refractivity contribution is 9.10. The van der Waals surface area contributed by atoms with Crippen LogP contribution >= 0.6 is 15.9 Å². The van der Waals surface area contributed by atoms with E-state index in [2.05, 4.69) is 21.2 Å². The first-order valence-corrected chi connectivity index (χ1v) is 9.82. The van der Waals surface area contributed by atoms with Crippen LogP contribution in [0, 0.1) is 0 Å². The molecule has 1 fully saturated rings. The van der Waals surface area contributed by atoms with Crippen LogP contribution in [0.5, 0.6) is 5.75 Å². The molecule has 2 amide bonds. The molecule has 0 spiro atoms. The van der Waals surface area contributed by atoms with Gasteiger partial charge in [0.15, 0.2) is 0 Å². The fourth-order valence-corrected chi connectivity index (χ4v) is 3.68. The molecule has 0 radical (unpaired) electrons. The summed E-state index contributed by atoms with van der Waals surface area (Å²) in [7, 11) is 1.62. The van der Waals surface area contributed by atoms with Crippen molar-refractivity contribution in [3.8, 4) is 5.75 Å². The van der Waals surface area contributed by atoms with Crippen LogP contribution in [0.25, 0.3) is 0 Å². The van der Waals surface area contributed by atoms with Gasteiger partial charge < -0.3 is 15.0 Å². The minimum atomic E-state index is -0.0783. The maximum absolute atomic E-state index is 12.5. The molecular weight excluding hydrogens is 408 g/mol. The molecule has 0 aromatic heterocycles. The van der Waals surface area contributed by atoms with Crippen LogP contribution in [-0.2, 0) is 11.2 Å². The number of methoxy groups -OCH3 is 1. The van der Waals surface area contributed by atoms with Gasteiger partial charge >= 0.3 is 0 Å². The third-order valence-corrected chi connectivity index (χ3v) is 5.51. The van der Waals surface area contributed by atoms with Crippen LogP contribution in [0.4, 0.5) is 0 Å². The average molecular weight is 431 g/mol. The second kappa shape index (κ2) is 9.04. The lowest BCUT2D eigenvalue weighted by Gasteiger charge is -2.32. The van der Waals surface area contributed by atoms with E-state index in [-0.39, 0.29) is 17.9 Å². The number of hydrogen-bond acceptors (Lipinski definition) is 3. The second-order valence-electron chi connectivity index (χ2n) is 6.63. The zero-order valence-electron chi connectivity index (χ0n) is 15.3. The summed E-state index contributed by atoms with van der Waals surface area (Å²) in [6.07, 6.45) is 1.92. The minimum Gasteiger partial charge on any atom is -0.497 e. The van der Waals surface area contributed by atoms with Crippen LogP contribution in [0.15, 0.2) is 53.0 Å². The molecule has 27 heavy (non-hydrogen) atoms. The number of halogens is 1. The Morgan fingerprint density at radius 3 is 2.41 bits per heavy atom. The van der Waals surface area contributed by atoms with Crippen molar-refractivity contribution in [2.75, 3.05) is 20.2 Å². The molecule has 0 atom stereocenters. The Kier molecular flexibility index (Phi) is 6.50. The molecule has 1 saturated heterocycles. The van der Waals surface area contributed by atoms with Gasteiger partial charge in [0, 0.05) is 23.6 Å². The van der Waals surface area contributed by atoms with Gasteiger partial charge in [0.2, 0.25) is 5.91 Å². The Hall–Kier alpha value is -2.34. The van der Waals surface area contributed by atoms with Crippen molar-refractivity contribution in [1.29, 1.82) is 0 Å². The van der Waals surface area contributed by atoms with Gasteiger partial charge in [-0.15, -0.1) is 0 Å². The van der Waals surface area contributed by atoms with E-state index in [1.165, 1.54) is 0 Å². The molecule has 142 valence electrons. The number of nitrogens with zero attached hydrogens (tertiary/aromatic N) is 1. The number of carbonyl (C=O) groups excluding carboxylic acids is 2. The Bertz CT molecular complexity index is 799. The Labute approximate surface area is 167 Å². The molecule has 2 aromatic rings. The van der Waals surface area contributed by atoms with Gasteiger partial charge in [-0.25, -0.2) is 0 Å². The van der Waals surface area contributed by atoms with Gasteiger partial charge in [-0.1, -0.05) is 24.3 Å². The topological polar surface area (TPSA) is 58.6 Å². The first-order chi connectivity index (χ1) is 13.1. The fraction of sp³-hybridized carbons (Fsp3) is 0.333. The highest BCUT2D eigenvalue weighted by Crippen LogP contribution is 2.18. The summed E-state index contributed by atoms with van der Waals surface area (Å²) >= 11 is 3.41. The third-order valence-electron chi connectivity index (χ3n) is 4.82. The van der Waals surface area contributed by atoms with Crippen molar-refractivity contribution in [2.45, 2.75) is 25.3 Å². The molecule has 2 aromatic carbocycles. The molecule has 1 aliphatic heterocycles. The normalized spacial score (nSPS) is 14.7. The average Bonchev–Trinajstić information content (AvgIpc) is 2.69. The van der Waals surface area contributed by atoms with Gasteiger partial charge in [-0.2, -0.15) is 0 Å². The van der Waals surface area contributed by atoms with E-state index in [4.69, 9.17) is 4.74 Å². The third kappa shape index (κ3) is 5.10. The van der Waals surface area contributed by atoms with Crippen LogP contribution in [0.1, 0.15) is 28.8 Å². The number of rotatable bonds is 5. The summed E-state index contributed by atoms with van der Waals surface area (Å²) in [6.45, 7) is 1.33. The van der Waals surface area contributed by atoms with E-state index in [1.54, 1.807) is 13.2 Å². The van der Waals surface area contributed by atoms with Gasteiger partial charge in [0.05, 0.1) is 19.1 Å². The predicted octanol–water partition coefficient (Wildman–Crippen LogP) is 3.42. The van der Waals surface area contributed by atoms with Crippen molar-refractivity contribution in [3.05, 3.63) is 64.1 Å². The zero-order valence-corrected chi connectivity index (χ0v) is 16.9. The molecule has 0 saturated carbocycles. The molecule has 0 aliphatic carbocycles. The lowest BCUT2D eigenvalue weighted by atomic mass is 10.0. The van der Waals surface area contributed by atoms with Crippen LogP contribution in [-0.4, -0.2) is 43.0 Å². The van der Waals surface area contributed by atoms with Crippen LogP contribution in [0.2, 0.25) is 0 Å². The zero-order chi connectivity index (χ0) is 19.2. The van der Waals surface area contributed by atoms with Crippen molar-refractivity contribution >= 4 is 27.7 Å². The Morgan fingerprint density at radius 1 is 1.11 bits per heavy atom. The quantitative estimate of drug-likeness (QED) is 0.790. The van der Waals surface area contributed by atoms with Crippen molar-refractivity contribution < 1.29 is 14.3 Å². The van der Waals surface area contributed by atoms with E-state index in [0.717, 1.165) is 28.6 Å². The number of ether oxygens (including phenoxy) is 1. The standard InChI is InChI=1S/C21H23BrN2O3/c1-27-17-8-6-15(7-9-17)14-20(25)24-12-10-16(11-13-24)23-21(26)18-4-2-3-5-19(18)22/h2-9,16H,10-14H2,1H3,(H,23,26). The van der Waals surface area contributed by atoms with E-state index in [1.807, 2.05) is 47.4 Å². The van der Waals surface area contributed by atoms with Crippen molar-refractivity contribution in [3.63, 3.8) is 0 Å². The number of nitrogens with one attached hydrogen (secondary N) is 1. The first kappa shape index (κ1) is 19.4. The van der Waals surface area contributed by atoms with E-state index < -0.39 is 0 Å². The van der Waals surface area contributed by atoms with Crippen LogP contribution < -0.4 is 10.1 Å². The van der Waals surface area contributed by atoms with E-state index in [0.29, 0.717) is 25.1 Å². The van der Waals surface area contributed by atoms with Crippen molar-refractivity contribution in [1.82, 2.24) is 10.2 Å². The van der Waals surface area contributed by atoms with Gasteiger partial charge in [0.1, 0.15) is 5.75 Å². The maximum Gasteiger partial charge on any atom is 0.252 e. The minimum absolute atomic E-state index is 0.0783. The fourth-order valence-electron chi connectivity index (χ4n) is 3.21. The summed E-state index contributed by atoms with van der Waals surface area (Å²) in [5.41, 5.74) is 1.61. The van der Waals surface area contributed by atoms with Gasteiger partial charge in [0.25, 0.3) is 5.91 Å². The highest BCUT2D eigenvalue weighted by Gasteiger charge is 2.24. The van der Waals surface area contributed by atoms with E-state index >= 15 is 0 Å². The van der Waals surface area contributed by atoms with Gasteiger partial charge in [-0.05, 0) is 58.6 Å². The Morgan fingerprint density at radius 2 is 1.78 bits per heavy atom. The first-order valence-electron chi connectivity index (χ1n) is 9.03. The number of benzene rings is 2. The number of amides is 2. The smallest absolute Gasteiger partial charge is 0.252 e. The lowest BCUT2D eigenvalue weighted by Crippen LogP contribution is -2.47. The molecule has 3 rings (SSSR count). The monoisotopic (exact) mass is 430 g/mol. The lowest BCUT2D eigenvalue weighted by molar-refractivity contribution is -0.131. The second-order valence-corrected chi connectivity index (χ2v) is 7.49. The molecule has 6 heteroatoms. The summed E-state index contributed by atoms with van der Waals surface area (Å²) in [5, 5.41) is 3.08. The molecular formula is C21H23BrN2O3. The summed E-state index contributed by atoms with van der Waals surface area (Å²) in [4.78, 5) is 26.8. The number of carbonyl (C=O) groups is 2. The van der Waals surface area contributed by atoms with Crippen molar-refractivity contribution in [2.24, 2.45) is 0 Å². The maximum atomic E-state index is 12.5. The molecule has 1 aliphatic rings. The van der Waals surface area contributed by atoms with Crippen LogP contribution in [0.3, 0.4) is 0 Å². The molecule has 0 unspecified atom stereocenters. The highest BCUT2D eigenvalue weighted by atomic mass is 79.9. The predicted molar refractivity (Wildman–Crippen MR) is 108 cm³/mol. The molecule has 1 N–H and O–H groups in total. The number of hydrogen-bond donors (Lipinski definition) is 1. The molecule has 0 bridgehead atoms. The van der Waals surface area contributed by atoms with Gasteiger partial charge in [-0.3, -0.25) is 9.59 Å². The van der Waals surface area contributed by atoms with E-state index in [9.17, 15) is 9.59 Å². The summed E-state index contributed by atoms with van der Waals surface area (Å²) in [6, 6.07) is 15.0. The SMILES string of the molecule is COc1ccc(CC(=O)N2CCC(NC(=O)c3ccccc3Br)CC2)cc1. The molecule has 5 nitrogen and oxygen atoms in total. The molecule has 1 heterocycles. The summed E-state index contributed by atoms with van der Waals surface area (Å²) < 4.78 is 5.93.